The molecule has 0 saturated heterocycles. The summed E-state index contributed by atoms with van der Waals surface area (Å²) >= 11 is 16.7. The molecule has 0 saturated carbocycles. The van der Waals surface area contributed by atoms with Crippen LogP contribution in [-0.2, 0) is 6.54 Å². The first-order valence-corrected chi connectivity index (χ1v) is 7.00. The van der Waals surface area contributed by atoms with Crippen LogP contribution < -0.4 is 10.7 Å². The summed E-state index contributed by atoms with van der Waals surface area (Å²) in [5, 5.41) is 17.4. The van der Waals surface area contributed by atoms with Crippen LogP contribution in [0.25, 0.3) is 0 Å². The van der Waals surface area contributed by atoms with Gasteiger partial charge in [0, 0.05) is 10.6 Å². The van der Waals surface area contributed by atoms with Crippen molar-refractivity contribution in [1.82, 2.24) is 10.7 Å². The van der Waals surface area contributed by atoms with Gasteiger partial charge >= 0.3 is 0 Å². The minimum absolute atomic E-state index is 0.0962. The van der Waals surface area contributed by atoms with Crippen molar-refractivity contribution in [3.63, 3.8) is 0 Å². The van der Waals surface area contributed by atoms with Crippen molar-refractivity contribution in [3.05, 3.63) is 51.9 Å². The number of nitrogens with zero attached hydrogens (tertiary/aromatic N) is 1. The molecule has 0 radical (unpaired) electrons. The molecule has 21 heavy (non-hydrogen) atoms. The summed E-state index contributed by atoms with van der Waals surface area (Å²) < 4.78 is 5.15. The number of hydrogen-bond acceptors (Lipinski definition) is 4. The second-order valence-electron chi connectivity index (χ2n) is 3.96. The van der Waals surface area contributed by atoms with Crippen molar-refractivity contribution in [2.75, 3.05) is 0 Å². The molecule has 0 spiro atoms. The van der Waals surface area contributed by atoms with E-state index in [0.29, 0.717) is 22.2 Å². The van der Waals surface area contributed by atoms with Crippen LogP contribution in [0.2, 0.25) is 10.0 Å². The summed E-state index contributed by atoms with van der Waals surface area (Å²) in [7, 11) is 0. The summed E-state index contributed by atoms with van der Waals surface area (Å²) in [5.41, 5.74) is 2.99. The Hall–Kier alpha value is -1.76. The summed E-state index contributed by atoms with van der Waals surface area (Å²) in [6.07, 6.45) is 2.95. The van der Waals surface area contributed by atoms with Gasteiger partial charge in [0.05, 0.1) is 24.0 Å². The topological polar surface area (TPSA) is 69.8 Å². The molecule has 1 aromatic carbocycles. The number of benzene rings is 1. The van der Waals surface area contributed by atoms with Gasteiger partial charge in [-0.05, 0) is 36.5 Å². The Labute approximate surface area is 136 Å². The maximum Gasteiger partial charge on any atom is 0.187 e. The number of aromatic hydroxyl groups is 1. The molecule has 5 nitrogen and oxygen atoms in total. The van der Waals surface area contributed by atoms with Gasteiger partial charge in [-0.25, -0.2) is 0 Å². The molecule has 0 aliphatic rings. The van der Waals surface area contributed by atoms with E-state index < -0.39 is 0 Å². The quantitative estimate of drug-likeness (QED) is 0.451. The number of furan rings is 1. The average Bonchev–Trinajstić information content (AvgIpc) is 2.95. The maximum absolute atomic E-state index is 9.75. The van der Waals surface area contributed by atoms with Gasteiger partial charge in [0.2, 0.25) is 0 Å². The van der Waals surface area contributed by atoms with Gasteiger partial charge in [-0.1, -0.05) is 23.2 Å². The van der Waals surface area contributed by atoms with Gasteiger partial charge in [0.1, 0.15) is 11.5 Å². The Morgan fingerprint density at radius 2 is 2.24 bits per heavy atom. The molecular weight excluding hydrogens is 333 g/mol. The highest BCUT2D eigenvalue weighted by atomic mass is 35.5. The van der Waals surface area contributed by atoms with E-state index in [1.54, 1.807) is 12.3 Å². The largest absolute Gasteiger partial charge is 0.506 e. The molecule has 0 aliphatic carbocycles. The van der Waals surface area contributed by atoms with Gasteiger partial charge in [-0.3, -0.25) is 5.43 Å². The lowest BCUT2D eigenvalue weighted by Crippen LogP contribution is -2.31. The third kappa shape index (κ3) is 4.63. The second-order valence-corrected chi connectivity index (χ2v) is 5.21. The summed E-state index contributed by atoms with van der Waals surface area (Å²) in [5.74, 6) is 0.656. The molecule has 1 heterocycles. The van der Waals surface area contributed by atoms with Crippen molar-refractivity contribution in [1.29, 1.82) is 0 Å². The van der Waals surface area contributed by atoms with Gasteiger partial charge in [0.25, 0.3) is 0 Å². The van der Waals surface area contributed by atoms with Crippen LogP contribution >= 0.6 is 35.4 Å². The van der Waals surface area contributed by atoms with E-state index in [4.69, 9.17) is 39.8 Å². The van der Waals surface area contributed by atoms with Gasteiger partial charge in [0.15, 0.2) is 5.11 Å². The number of nitrogens with one attached hydrogen (secondary N) is 2. The standard InChI is InChI=1S/C13H11Cl2N3O2S/c14-9-4-8(12(19)11(15)5-9)6-17-18-13(21)16-7-10-2-1-3-20-10/h1-6,19H,7H2,(H2,16,18,21). The highest BCUT2D eigenvalue weighted by Gasteiger charge is 2.05. The molecule has 1 aromatic heterocycles. The lowest BCUT2D eigenvalue weighted by atomic mass is 10.2. The first-order valence-electron chi connectivity index (χ1n) is 5.83. The van der Waals surface area contributed by atoms with Gasteiger partial charge < -0.3 is 14.8 Å². The minimum Gasteiger partial charge on any atom is -0.506 e. The van der Waals surface area contributed by atoms with E-state index in [2.05, 4.69) is 15.8 Å². The van der Waals surface area contributed by atoms with Gasteiger partial charge in [-0.15, -0.1) is 0 Å². The molecule has 3 N–H and O–H groups in total. The first-order chi connectivity index (χ1) is 10.1. The van der Waals surface area contributed by atoms with Crippen molar-refractivity contribution >= 4 is 46.7 Å². The Morgan fingerprint density at radius 3 is 2.95 bits per heavy atom. The van der Waals surface area contributed by atoms with E-state index in [1.165, 1.54) is 18.3 Å². The van der Waals surface area contributed by atoms with E-state index in [0.717, 1.165) is 5.76 Å². The Bertz CT molecular complexity index is 660. The number of hydrazone groups is 1. The zero-order chi connectivity index (χ0) is 15.2. The van der Waals surface area contributed by atoms with Gasteiger partial charge in [-0.2, -0.15) is 5.10 Å². The Balaban J connectivity index is 1.89. The number of rotatable bonds is 4. The number of halogens is 2. The fraction of sp³-hybridized carbons (Fsp3) is 0.0769. The van der Waals surface area contributed by atoms with Crippen molar-refractivity contribution in [2.24, 2.45) is 5.10 Å². The predicted molar refractivity (Wildman–Crippen MR) is 87.0 cm³/mol. The van der Waals surface area contributed by atoms with Crippen LogP contribution in [0.3, 0.4) is 0 Å². The normalized spacial score (nSPS) is 10.8. The molecule has 0 amide bonds. The summed E-state index contributed by atoms with van der Waals surface area (Å²) in [6.45, 7) is 0.447. The van der Waals surface area contributed by atoms with E-state index in [9.17, 15) is 5.11 Å². The van der Waals surface area contributed by atoms with E-state index in [1.807, 2.05) is 6.07 Å². The summed E-state index contributed by atoms with van der Waals surface area (Å²) in [6, 6.07) is 6.59. The molecule has 110 valence electrons. The third-order valence-electron chi connectivity index (χ3n) is 2.43. The summed E-state index contributed by atoms with van der Waals surface area (Å²) in [4.78, 5) is 0. The van der Waals surface area contributed by atoms with Crippen LogP contribution in [0.5, 0.6) is 5.75 Å². The number of phenolic OH excluding ortho intramolecular Hbond substituents is 1. The molecule has 0 atom stereocenters. The highest BCUT2D eigenvalue weighted by Crippen LogP contribution is 2.29. The zero-order valence-corrected chi connectivity index (χ0v) is 13.0. The molecular formula is C13H11Cl2N3O2S. The SMILES string of the molecule is Oc1c(Cl)cc(Cl)cc1C=NNC(=S)NCc1ccco1. The molecule has 8 heteroatoms. The smallest absolute Gasteiger partial charge is 0.187 e. The van der Waals surface area contributed by atoms with Crippen LogP contribution in [0, 0.1) is 0 Å². The lowest BCUT2D eigenvalue weighted by molar-refractivity contribution is 0.474. The van der Waals surface area contributed by atoms with Crippen LogP contribution in [-0.4, -0.2) is 16.4 Å². The molecule has 0 bridgehead atoms. The van der Waals surface area contributed by atoms with E-state index in [-0.39, 0.29) is 10.8 Å². The predicted octanol–water partition coefficient (Wildman–Crippen LogP) is 3.29. The number of hydrogen-bond donors (Lipinski definition) is 3. The fourth-order valence-corrected chi connectivity index (χ4v) is 2.10. The van der Waals surface area contributed by atoms with Crippen LogP contribution in [0.4, 0.5) is 0 Å². The number of phenols is 1. The van der Waals surface area contributed by atoms with Crippen LogP contribution in [0.15, 0.2) is 40.0 Å². The second kappa shape index (κ2) is 7.31. The fourth-order valence-electron chi connectivity index (χ4n) is 1.46. The van der Waals surface area contributed by atoms with Crippen molar-refractivity contribution < 1.29 is 9.52 Å². The Kier molecular flexibility index (Phi) is 5.44. The maximum atomic E-state index is 9.75. The van der Waals surface area contributed by atoms with Crippen molar-refractivity contribution in [2.45, 2.75) is 6.54 Å². The molecule has 2 aromatic rings. The third-order valence-corrected chi connectivity index (χ3v) is 3.17. The monoisotopic (exact) mass is 343 g/mol. The highest BCUT2D eigenvalue weighted by molar-refractivity contribution is 7.80. The van der Waals surface area contributed by atoms with Crippen molar-refractivity contribution in [3.8, 4) is 5.75 Å². The van der Waals surface area contributed by atoms with Crippen LogP contribution in [0.1, 0.15) is 11.3 Å². The molecule has 0 fully saturated rings. The zero-order valence-electron chi connectivity index (χ0n) is 10.6. The Morgan fingerprint density at radius 1 is 1.43 bits per heavy atom. The lowest BCUT2D eigenvalue weighted by Gasteiger charge is -2.05. The molecule has 0 unspecified atom stereocenters. The first kappa shape index (κ1) is 15.6. The number of thiocarbonyl (C=S) groups is 1. The van der Waals surface area contributed by atoms with E-state index >= 15 is 0 Å². The minimum atomic E-state index is -0.0962. The average molecular weight is 344 g/mol. The molecule has 2 rings (SSSR count). The molecule has 0 aliphatic heterocycles.